The van der Waals surface area contributed by atoms with E-state index in [0.717, 1.165) is 42.8 Å². The third kappa shape index (κ3) is 6.57. The monoisotopic (exact) mass is 410 g/mol. The van der Waals surface area contributed by atoms with Crippen LogP contribution in [-0.4, -0.2) is 41.3 Å². The lowest BCUT2D eigenvalue weighted by Gasteiger charge is -2.15. The van der Waals surface area contributed by atoms with Gasteiger partial charge in [-0.1, -0.05) is 30.3 Å². The number of ether oxygens (including phenoxy) is 1. The first-order valence-electron chi connectivity index (χ1n) is 9.75. The molecule has 0 aliphatic carbocycles. The summed E-state index contributed by atoms with van der Waals surface area (Å²) in [4.78, 5) is 13.9. The number of benzene rings is 2. The second-order valence-electron chi connectivity index (χ2n) is 6.88. The normalized spacial score (nSPS) is 13.8. The van der Waals surface area contributed by atoms with Crippen molar-refractivity contribution in [1.82, 2.24) is 15.6 Å². The quantitative estimate of drug-likeness (QED) is 0.417. The summed E-state index contributed by atoms with van der Waals surface area (Å²) in [5.74, 6) is 0.715. The van der Waals surface area contributed by atoms with Gasteiger partial charge in [-0.25, -0.2) is 0 Å². The van der Waals surface area contributed by atoms with Crippen molar-refractivity contribution >= 4 is 28.9 Å². The molecule has 152 valence electrons. The lowest BCUT2D eigenvalue weighted by molar-refractivity contribution is -0.132. The fourth-order valence-corrected chi connectivity index (χ4v) is 3.13. The predicted octanol–water partition coefficient (Wildman–Crippen LogP) is 3.08. The number of likely N-dealkylation sites (tertiary alicyclic amines) is 1. The van der Waals surface area contributed by atoms with E-state index in [2.05, 4.69) is 15.8 Å². The maximum atomic E-state index is 12.0. The van der Waals surface area contributed by atoms with Crippen molar-refractivity contribution in [2.45, 2.75) is 26.3 Å². The summed E-state index contributed by atoms with van der Waals surface area (Å²) < 4.78 is 5.61. The highest BCUT2D eigenvalue weighted by Gasteiger charge is 2.18. The van der Waals surface area contributed by atoms with Crippen molar-refractivity contribution in [3.8, 4) is 5.75 Å². The van der Waals surface area contributed by atoms with Crippen LogP contribution in [0.3, 0.4) is 0 Å². The molecule has 1 amide bonds. The first-order valence-corrected chi connectivity index (χ1v) is 10.2. The number of carbonyl (C=O) groups is 1. The molecule has 0 atom stereocenters. The number of rotatable bonds is 7. The van der Waals surface area contributed by atoms with Gasteiger partial charge in [0, 0.05) is 19.6 Å². The fourth-order valence-electron chi connectivity index (χ4n) is 3.01. The van der Waals surface area contributed by atoms with E-state index < -0.39 is 0 Å². The molecule has 1 fully saturated rings. The summed E-state index contributed by atoms with van der Waals surface area (Å²) in [5, 5.41) is 7.91. The lowest BCUT2D eigenvalue weighted by atomic mass is 10.1. The highest BCUT2D eigenvalue weighted by atomic mass is 32.1. The molecule has 29 heavy (non-hydrogen) atoms. The number of thiocarbonyl (C=S) groups is 1. The summed E-state index contributed by atoms with van der Waals surface area (Å²) in [7, 11) is 0. The van der Waals surface area contributed by atoms with Gasteiger partial charge in [-0.05, 0) is 67.4 Å². The minimum absolute atomic E-state index is 0.0463. The topological polar surface area (TPSA) is 66.0 Å². The molecular weight excluding hydrogens is 384 g/mol. The third-order valence-corrected chi connectivity index (χ3v) is 4.95. The molecule has 0 radical (unpaired) electrons. The number of hydrogen-bond acceptors (Lipinski definition) is 4. The van der Waals surface area contributed by atoms with Gasteiger partial charge in [-0.3, -0.25) is 10.2 Å². The lowest BCUT2D eigenvalue weighted by Crippen LogP contribution is -2.32. The molecule has 2 aromatic rings. The average molecular weight is 411 g/mol. The molecular formula is C22H26N4O2S. The molecule has 0 aromatic heterocycles. The van der Waals surface area contributed by atoms with Crippen LogP contribution in [0.4, 0.5) is 0 Å². The molecule has 0 spiro atoms. The Hall–Kier alpha value is -2.93. The fraction of sp³-hybridized carbons (Fsp3) is 0.318. The Bertz CT molecular complexity index is 847. The van der Waals surface area contributed by atoms with Crippen LogP contribution in [0.5, 0.6) is 5.75 Å². The minimum atomic E-state index is 0.0463. The minimum Gasteiger partial charge on any atom is -0.484 e. The van der Waals surface area contributed by atoms with E-state index in [-0.39, 0.29) is 12.5 Å². The molecule has 1 heterocycles. The molecule has 1 aliphatic rings. The molecule has 2 N–H and O–H groups in total. The van der Waals surface area contributed by atoms with Gasteiger partial charge in [0.25, 0.3) is 5.91 Å². The maximum absolute atomic E-state index is 12.0. The van der Waals surface area contributed by atoms with Crippen molar-refractivity contribution < 1.29 is 9.53 Å². The van der Waals surface area contributed by atoms with Crippen molar-refractivity contribution in [3.05, 3.63) is 65.7 Å². The van der Waals surface area contributed by atoms with Gasteiger partial charge in [0.15, 0.2) is 11.7 Å². The second kappa shape index (κ2) is 10.6. The Morgan fingerprint density at radius 1 is 1.10 bits per heavy atom. The average Bonchev–Trinajstić information content (AvgIpc) is 3.30. The van der Waals surface area contributed by atoms with Crippen LogP contribution in [0.1, 0.15) is 30.9 Å². The van der Waals surface area contributed by atoms with E-state index in [9.17, 15) is 4.79 Å². The largest absolute Gasteiger partial charge is 0.484 e. The van der Waals surface area contributed by atoms with E-state index in [0.29, 0.717) is 17.4 Å². The zero-order valence-corrected chi connectivity index (χ0v) is 17.4. The number of hydrazone groups is 1. The summed E-state index contributed by atoms with van der Waals surface area (Å²) in [5.41, 5.74) is 5.76. The molecule has 0 saturated carbocycles. The van der Waals surface area contributed by atoms with Crippen LogP contribution in [0.25, 0.3) is 0 Å². The third-order valence-electron chi connectivity index (χ3n) is 4.71. The zero-order valence-electron chi connectivity index (χ0n) is 16.6. The maximum Gasteiger partial charge on any atom is 0.260 e. The van der Waals surface area contributed by atoms with E-state index in [1.165, 1.54) is 0 Å². The van der Waals surface area contributed by atoms with Gasteiger partial charge >= 0.3 is 0 Å². The van der Waals surface area contributed by atoms with Gasteiger partial charge in [0.05, 0.1) is 5.71 Å². The molecule has 0 bridgehead atoms. The molecule has 6 nitrogen and oxygen atoms in total. The predicted molar refractivity (Wildman–Crippen MR) is 119 cm³/mol. The van der Waals surface area contributed by atoms with Crippen LogP contribution >= 0.6 is 12.2 Å². The van der Waals surface area contributed by atoms with Gasteiger partial charge < -0.3 is 15.0 Å². The van der Waals surface area contributed by atoms with E-state index in [4.69, 9.17) is 17.0 Å². The van der Waals surface area contributed by atoms with Crippen molar-refractivity contribution in [3.63, 3.8) is 0 Å². The Morgan fingerprint density at radius 3 is 2.48 bits per heavy atom. The number of amides is 1. The van der Waals surface area contributed by atoms with E-state index in [1.807, 2.05) is 66.4 Å². The van der Waals surface area contributed by atoms with Crippen LogP contribution in [0.2, 0.25) is 0 Å². The number of carbonyl (C=O) groups excluding carboxylic acids is 1. The highest BCUT2D eigenvalue weighted by molar-refractivity contribution is 7.80. The standard InChI is InChI=1S/C22H26N4O2S/c1-17(24-25-22(29)23-15-18-7-3-2-4-8-18)19-9-11-20(12-10-19)28-16-21(27)26-13-5-6-14-26/h2-4,7-12H,5-6,13-16H2,1H3,(H2,23,25,29)/b24-17-. The van der Waals surface area contributed by atoms with Crippen LogP contribution in [-0.2, 0) is 11.3 Å². The van der Waals surface area contributed by atoms with Crippen molar-refractivity contribution in [1.29, 1.82) is 0 Å². The molecule has 1 saturated heterocycles. The highest BCUT2D eigenvalue weighted by Crippen LogP contribution is 2.14. The molecule has 2 aromatic carbocycles. The summed E-state index contributed by atoms with van der Waals surface area (Å²) in [6.45, 7) is 4.30. The van der Waals surface area contributed by atoms with Gasteiger partial charge in [-0.15, -0.1) is 0 Å². The Balaban J connectivity index is 1.44. The summed E-state index contributed by atoms with van der Waals surface area (Å²) >= 11 is 5.26. The second-order valence-corrected chi connectivity index (χ2v) is 7.29. The van der Waals surface area contributed by atoms with Crippen LogP contribution in [0.15, 0.2) is 59.7 Å². The smallest absolute Gasteiger partial charge is 0.260 e. The first kappa shape index (κ1) is 20.8. The molecule has 7 heteroatoms. The molecule has 3 rings (SSSR count). The first-order chi connectivity index (χ1) is 14.1. The number of nitrogens with zero attached hydrogens (tertiary/aromatic N) is 2. The van der Waals surface area contributed by atoms with E-state index >= 15 is 0 Å². The summed E-state index contributed by atoms with van der Waals surface area (Å²) in [6.07, 6.45) is 2.16. The summed E-state index contributed by atoms with van der Waals surface area (Å²) in [6, 6.07) is 17.5. The SMILES string of the molecule is C/C(=N/NC(=S)NCc1ccccc1)c1ccc(OCC(=O)N2CCCC2)cc1. The molecule has 1 aliphatic heterocycles. The van der Waals surface area contributed by atoms with Crippen LogP contribution in [0, 0.1) is 0 Å². The number of hydrogen-bond donors (Lipinski definition) is 2. The molecule has 0 unspecified atom stereocenters. The van der Waals surface area contributed by atoms with Crippen LogP contribution < -0.4 is 15.5 Å². The van der Waals surface area contributed by atoms with Gasteiger partial charge in [0.1, 0.15) is 5.75 Å². The van der Waals surface area contributed by atoms with Crippen molar-refractivity contribution in [2.75, 3.05) is 19.7 Å². The van der Waals surface area contributed by atoms with Crippen molar-refractivity contribution in [2.24, 2.45) is 5.10 Å². The Kier molecular flexibility index (Phi) is 7.58. The Morgan fingerprint density at radius 2 is 1.79 bits per heavy atom. The zero-order chi connectivity index (χ0) is 20.5. The van der Waals surface area contributed by atoms with E-state index in [1.54, 1.807) is 0 Å². The number of nitrogens with one attached hydrogen (secondary N) is 2. The Labute approximate surface area is 176 Å². The van der Waals surface area contributed by atoms with Gasteiger partial charge in [-0.2, -0.15) is 5.10 Å². The van der Waals surface area contributed by atoms with Gasteiger partial charge in [0.2, 0.25) is 0 Å².